The van der Waals surface area contributed by atoms with Gasteiger partial charge in [-0.2, -0.15) is 0 Å². The molecule has 2 rings (SSSR count). The number of rotatable bonds is 3. The molecule has 1 N–H and O–H groups in total. The lowest BCUT2D eigenvalue weighted by molar-refractivity contribution is 0.185. The summed E-state index contributed by atoms with van der Waals surface area (Å²) in [7, 11) is 2.06. The Morgan fingerprint density at radius 2 is 2.13 bits per heavy atom. The molecule has 1 aliphatic rings. The van der Waals surface area contributed by atoms with Crippen molar-refractivity contribution in [2.75, 3.05) is 7.05 Å². The zero-order chi connectivity index (χ0) is 10.9. The second kappa shape index (κ2) is 4.26. The van der Waals surface area contributed by atoms with Crippen LogP contribution in [-0.2, 0) is 5.41 Å². The van der Waals surface area contributed by atoms with Crippen molar-refractivity contribution in [3.63, 3.8) is 0 Å². The molecule has 1 atom stereocenters. The highest BCUT2D eigenvalue weighted by molar-refractivity contribution is 9.10. The van der Waals surface area contributed by atoms with Gasteiger partial charge in [0.15, 0.2) is 0 Å². The van der Waals surface area contributed by atoms with Gasteiger partial charge in [-0.25, -0.2) is 0 Å². The van der Waals surface area contributed by atoms with Crippen LogP contribution < -0.4 is 5.32 Å². The van der Waals surface area contributed by atoms with E-state index in [4.69, 9.17) is 0 Å². The van der Waals surface area contributed by atoms with Gasteiger partial charge in [0.05, 0.1) is 0 Å². The number of hydrogen-bond acceptors (Lipinski definition) is 1. The van der Waals surface area contributed by atoms with Crippen LogP contribution in [0.15, 0.2) is 28.7 Å². The van der Waals surface area contributed by atoms with Crippen molar-refractivity contribution < 1.29 is 0 Å². The van der Waals surface area contributed by atoms with Crippen LogP contribution in [0.3, 0.4) is 0 Å². The summed E-state index contributed by atoms with van der Waals surface area (Å²) in [5.41, 5.74) is 1.85. The molecule has 0 spiro atoms. The number of halogens is 1. The Bertz CT molecular complexity index is 344. The van der Waals surface area contributed by atoms with E-state index >= 15 is 0 Å². The fraction of sp³-hybridized carbons (Fsp3) is 0.538. The van der Waals surface area contributed by atoms with Crippen LogP contribution in [-0.4, -0.2) is 13.1 Å². The van der Waals surface area contributed by atoms with Crippen LogP contribution in [0.2, 0.25) is 0 Å². The monoisotopic (exact) mass is 267 g/mol. The maximum atomic E-state index is 3.56. The summed E-state index contributed by atoms with van der Waals surface area (Å²) in [6.07, 6.45) is 3.98. The normalized spacial score (nSPS) is 20.7. The number of benzene rings is 1. The molecule has 1 aliphatic carbocycles. The van der Waals surface area contributed by atoms with Gasteiger partial charge in [-0.05, 0) is 44.5 Å². The Balaban J connectivity index is 2.34. The quantitative estimate of drug-likeness (QED) is 0.885. The first kappa shape index (κ1) is 11.2. The molecular weight excluding hydrogens is 250 g/mol. The molecule has 15 heavy (non-hydrogen) atoms. The van der Waals surface area contributed by atoms with Gasteiger partial charge in [0.1, 0.15) is 0 Å². The van der Waals surface area contributed by atoms with E-state index in [1.165, 1.54) is 29.3 Å². The van der Waals surface area contributed by atoms with Crippen LogP contribution in [0, 0.1) is 0 Å². The molecule has 0 aromatic heterocycles. The Morgan fingerprint density at radius 3 is 2.60 bits per heavy atom. The minimum atomic E-state index is 0.374. The van der Waals surface area contributed by atoms with E-state index in [1.807, 2.05) is 0 Å². The fourth-order valence-electron chi connectivity index (χ4n) is 2.60. The van der Waals surface area contributed by atoms with Crippen molar-refractivity contribution in [2.24, 2.45) is 0 Å². The van der Waals surface area contributed by atoms with Crippen molar-refractivity contribution in [1.82, 2.24) is 5.32 Å². The summed E-state index contributed by atoms with van der Waals surface area (Å²) < 4.78 is 1.19. The standard InChI is InChI=1S/C13H18BrN/c1-10(15-2)13(7-4-8-13)11-5-3-6-12(14)9-11/h3,5-6,9-10,15H,4,7-8H2,1-2H3. The van der Waals surface area contributed by atoms with Crippen LogP contribution >= 0.6 is 15.9 Å². The first-order valence-corrected chi connectivity index (χ1v) is 6.42. The largest absolute Gasteiger partial charge is 0.316 e. The number of nitrogens with one attached hydrogen (secondary N) is 1. The third-order valence-corrected chi connectivity index (χ3v) is 4.40. The van der Waals surface area contributed by atoms with E-state index in [0.29, 0.717) is 11.5 Å². The van der Waals surface area contributed by atoms with Crippen molar-refractivity contribution in [2.45, 2.75) is 37.6 Å². The van der Waals surface area contributed by atoms with Gasteiger partial charge in [-0.3, -0.25) is 0 Å². The predicted molar refractivity (Wildman–Crippen MR) is 68.2 cm³/mol. The van der Waals surface area contributed by atoms with Crippen LogP contribution in [0.1, 0.15) is 31.7 Å². The molecule has 1 saturated carbocycles. The molecule has 82 valence electrons. The maximum Gasteiger partial charge on any atom is 0.0178 e. The molecule has 0 radical (unpaired) electrons. The molecule has 0 heterocycles. The first-order chi connectivity index (χ1) is 7.19. The minimum Gasteiger partial charge on any atom is -0.316 e. The SMILES string of the molecule is CNC(C)C1(c2cccc(Br)c2)CCC1. The highest BCUT2D eigenvalue weighted by atomic mass is 79.9. The smallest absolute Gasteiger partial charge is 0.0178 e. The van der Waals surface area contributed by atoms with Gasteiger partial charge < -0.3 is 5.32 Å². The van der Waals surface area contributed by atoms with Gasteiger partial charge in [0, 0.05) is 15.9 Å². The maximum absolute atomic E-state index is 3.56. The summed E-state index contributed by atoms with van der Waals surface area (Å²) in [4.78, 5) is 0. The Hall–Kier alpha value is -0.340. The summed E-state index contributed by atoms with van der Waals surface area (Å²) in [6, 6.07) is 9.33. The lowest BCUT2D eigenvalue weighted by Gasteiger charge is -2.47. The van der Waals surface area contributed by atoms with Gasteiger partial charge in [0.25, 0.3) is 0 Å². The van der Waals surface area contributed by atoms with E-state index in [2.05, 4.69) is 59.5 Å². The second-order valence-corrected chi connectivity index (χ2v) is 5.45. The van der Waals surface area contributed by atoms with E-state index in [-0.39, 0.29) is 0 Å². The molecule has 0 amide bonds. The zero-order valence-corrected chi connectivity index (χ0v) is 11.0. The third-order valence-electron chi connectivity index (χ3n) is 3.91. The molecule has 1 aromatic rings. The molecule has 1 aromatic carbocycles. The fourth-order valence-corrected chi connectivity index (χ4v) is 3.00. The van der Waals surface area contributed by atoms with Crippen molar-refractivity contribution >= 4 is 15.9 Å². The van der Waals surface area contributed by atoms with E-state index in [0.717, 1.165) is 0 Å². The second-order valence-electron chi connectivity index (χ2n) is 4.53. The lowest BCUT2D eigenvalue weighted by Crippen LogP contribution is -2.50. The zero-order valence-electron chi connectivity index (χ0n) is 9.39. The Kier molecular flexibility index (Phi) is 3.17. The number of likely N-dealkylation sites (N-methyl/N-ethyl adjacent to an activating group) is 1. The Morgan fingerprint density at radius 1 is 1.40 bits per heavy atom. The van der Waals surface area contributed by atoms with E-state index in [1.54, 1.807) is 0 Å². The topological polar surface area (TPSA) is 12.0 Å². The van der Waals surface area contributed by atoms with Gasteiger partial charge in [-0.1, -0.05) is 34.5 Å². The summed E-state index contributed by atoms with van der Waals surface area (Å²) in [6.45, 7) is 2.29. The van der Waals surface area contributed by atoms with Gasteiger partial charge in [-0.15, -0.1) is 0 Å². The summed E-state index contributed by atoms with van der Waals surface area (Å²) in [5.74, 6) is 0. The van der Waals surface area contributed by atoms with Gasteiger partial charge >= 0.3 is 0 Å². The van der Waals surface area contributed by atoms with Crippen molar-refractivity contribution in [1.29, 1.82) is 0 Å². The van der Waals surface area contributed by atoms with E-state index < -0.39 is 0 Å². The van der Waals surface area contributed by atoms with Crippen molar-refractivity contribution in [3.05, 3.63) is 34.3 Å². The first-order valence-electron chi connectivity index (χ1n) is 5.62. The predicted octanol–water partition coefficient (Wildman–Crippen LogP) is 3.48. The molecular formula is C13H18BrN. The Labute approximate surface area is 100 Å². The minimum absolute atomic E-state index is 0.374. The average Bonchev–Trinajstić information content (AvgIpc) is 2.16. The highest BCUT2D eigenvalue weighted by Crippen LogP contribution is 2.46. The average molecular weight is 268 g/mol. The molecule has 1 nitrogen and oxygen atoms in total. The highest BCUT2D eigenvalue weighted by Gasteiger charge is 2.42. The summed E-state index contributed by atoms with van der Waals surface area (Å²) >= 11 is 3.56. The molecule has 0 aliphatic heterocycles. The van der Waals surface area contributed by atoms with E-state index in [9.17, 15) is 0 Å². The molecule has 1 unspecified atom stereocenters. The van der Waals surface area contributed by atoms with Crippen LogP contribution in [0.5, 0.6) is 0 Å². The van der Waals surface area contributed by atoms with Crippen LogP contribution in [0.4, 0.5) is 0 Å². The third kappa shape index (κ3) is 1.85. The number of hydrogen-bond donors (Lipinski definition) is 1. The molecule has 0 saturated heterocycles. The summed E-state index contributed by atoms with van der Waals surface area (Å²) in [5, 5.41) is 3.41. The molecule has 1 fully saturated rings. The van der Waals surface area contributed by atoms with Gasteiger partial charge in [0.2, 0.25) is 0 Å². The van der Waals surface area contributed by atoms with Crippen LogP contribution in [0.25, 0.3) is 0 Å². The lowest BCUT2D eigenvalue weighted by atomic mass is 9.60. The molecule has 0 bridgehead atoms. The molecule has 2 heteroatoms. The van der Waals surface area contributed by atoms with Crippen molar-refractivity contribution in [3.8, 4) is 0 Å².